The zero-order valence-corrected chi connectivity index (χ0v) is 20.6. The molecule has 2 fully saturated rings. The van der Waals surface area contributed by atoms with Gasteiger partial charge in [-0.3, -0.25) is 14.5 Å². The number of ether oxygens (including phenoxy) is 2. The monoisotopic (exact) mass is 469 g/mol. The van der Waals surface area contributed by atoms with Crippen LogP contribution in [-0.2, 0) is 20.9 Å². The Hall–Kier alpha value is -2.38. The fraction of sp³-hybridized carbons (Fsp3) is 0.630. The van der Waals surface area contributed by atoms with E-state index in [1.807, 2.05) is 36.9 Å². The standard InChI is InChI=1S/C27H39N3O4/c1-20(2)28-26(31)16-21-9-12-29-17-22(21)7-5-13-34-25-8-4-3-6-23(25)18-30(19-27(29)32)24-10-14-33-15-11-24/h3-8,20-22,24H,9-19H2,1-2H3,(H,28,31)/b7-5+/t21-,22-/m0/s1. The number of hydrogen-bond donors (Lipinski definition) is 1. The van der Waals surface area contributed by atoms with Crippen molar-refractivity contribution in [2.24, 2.45) is 11.8 Å². The minimum atomic E-state index is 0.0898. The second-order valence-electron chi connectivity index (χ2n) is 10.1. The van der Waals surface area contributed by atoms with E-state index in [4.69, 9.17) is 9.47 Å². The Bertz CT molecular complexity index is 865. The third-order valence-electron chi connectivity index (χ3n) is 7.17. The van der Waals surface area contributed by atoms with Gasteiger partial charge in [-0.2, -0.15) is 0 Å². The minimum Gasteiger partial charge on any atom is -0.489 e. The maximum atomic E-state index is 13.5. The first-order chi connectivity index (χ1) is 16.5. The Morgan fingerprint density at radius 2 is 1.94 bits per heavy atom. The number of carbonyl (C=O) groups excluding carboxylic acids is 2. The predicted molar refractivity (Wildman–Crippen MR) is 131 cm³/mol. The number of benzene rings is 1. The van der Waals surface area contributed by atoms with Crippen LogP contribution in [0.25, 0.3) is 0 Å². The number of rotatable bonds is 4. The van der Waals surface area contributed by atoms with Gasteiger partial charge in [-0.25, -0.2) is 0 Å². The zero-order chi connectivity index (χ0) is 23.9. The van der Waals surface area contributed by atoms with Gasteiger partial charge in [0.15, 0.2) is 0 Å². The first-order valence-corrected chi connectivity index (χ1v) is 12.8. The molecule has 1 N–H and O–H groups in total. The molecule has 2 amide bonds. The van der Waals surface area contributed by atoms with Crippen LogP contribution in [-0.4, -0.2) is 73.2 Å². The van der Waals surface area contributed by atoms with Crippen molar-refractivity contribution in [3.8, 4) is 5.75 Å². The highest BCUT2D eigenvalue weighted by Gasteiger charge is 2.33. The molecule has 0 unspecified atom stereocenters. The molecule has 3 aliphatic heterocycles. The van der Waals surface area contributed by atoms with E-state index >= 15 is 0 Å². The van der Waals surface area contributed by atoms with Gasteiger partial charge in [0.2, 0.25) is 11.8 Å². The summed E-state index contributed by atoms with van der Waals surface area (Å²) in [6.45, 7) is 8.37. The zero-order valence-electron chi connectivity index (χ0n) is 20.6. The number of amides is 2. The molecule has 2 atom stereocenters. The van der Waals surface area contributed by atoms with Crippen LogP contribution in [0.2, 0.25) is 0 Å². The molecule has 0 spiro atoms. The summed E-state index contributed by atoms with van der Waals surface area (Å²) in [5.41, 5.74) is 1.11. The van der Waals surface area contributed by atoms with Crippen molar-refractivity contribution in [3.05, 3.63) is 42.0 Å². The van der Waals surface area contributed by atoms with Crippen LogP contribution in [0.5, 0.6) is 5.75 Å². The largest absolute Gasteiger partial charge is 0.489 e. The summed E-state index contributed by atoms with van der Waals surface area (Å²) < 4.78 is 11.7. The van der Waals surface area contributed by atoms with Gasteiger partial charge in [0.1, 0.15) is 12.4 Å². The van der Waals surface area contributed by atoms with Crippen LogP contribution >= 0.6 is 0 Å². The highest BCUT2D eigenvalue weighted by Crippen LogP contribution is 2.30. The molecule has 2 bridgehead atoms. The summed E-state index contributed by atoms with van der Waals surface area (Å²) in [6.07, 6.45) is 7.42. The smallest absolute Gasteiger partial charge is 0.236 e. The van der Waals surface area contributed by atoms with Crippen molar-refractivity contribution >= 4 is 11.8 Å². The highest BCUT2D eigenvalue weighted by molar-refractivity contribution is 5.79. The minimum absolute atomic E-state index is 0.0898. The molecule has 4 rings (SSSR count). The third-order valence-corrected chi connectivity index (χ3v) is 7.17. The number of piperidine rings is 1. The van der Waals surface area contributed by atoms with Gasteiger partial charge >= 0.3 is 0 Å². The molecule has 0 aliphatic carbocycles. The first-order valence-electron chi connectivity index (χ1n) is 12.8. The van der Waals surface area contributed by atoms with E-state index in [0.29, 0.717) is 45.2 Å². The van der Waals surface area contributed by atoms with Crippen molar-refractivity contribution in [1.29, 1.82) is 0 Å². The lowest BCUT2D eigenvalue weighted by Crippen LogP contribution is -2.50. The molecule has 0 saturated carbocycles. The number of nitrogens with one attached hydrogen (secondary N) is 1. The van der Waals surface area contributed by atoms with Gasteiger partial charge in [-0.15, -0.1) is 0 Å². The van der Waals surface area contributed by atoms with Crippen molar-refractivity contribution in [2.75, 3.05) is 39.5 Å². The molecule has 34 heavy (non-hydrogen) atoms. The van der Waals surface area contributed by atoms with Crippen LogP contribution in [0.15, 0.2) is 36.4 Å². The fourth-order valence-electron chi connectivity index (χ4n) is 5.35. The summed E-state index contributed by atoms with van der Waals surface area (Å²) in [7, 11) is 0. The van der Waals surface area contributed by atoms with Crippen LogP contribution in [0.1, 0.15) is 45.1 Å². The Balaban J connectivity index is 1.55. The summed E-state index contributed by atoms with van der Waals surface area (Å²) in [6, 6.07) is 8.58. The van der Waals surface area contributed by atoms with Crippen molar-refractivity contribution < 1.29 is 19.1 Å². The summed E-state index contributed by atoms with van der Waals surface area (Å²) in [4.78, 5) is 30.3. The maximum Gasteiger partial charge on any atom is 0.236 e. The molecule has 1 aromatic rings. The number of nitrogens with zero attached hydrogens (tertiary/aromatic N) is 2. The Morgan fingerprint density at radius 3 is 2.74 bits per heavy atom. The molecule has 7 heteroatoms. The number of fused-ring (bicyclic) bond motifs is 3. The van der Waals surface area contributed by atoms with Crippen LogP contribution in [0.3, 0.4) is 0 Å². The molecular formula is C27H39N3O4. The summed E-state index contributed by atoms with van der Waals surface area (Å²) in [5, 5.41) is 3.02. The van der Waals surface area contributed by atoms with Gasteiger partial charge in [-0.05, 0) is 51.0 Å². The Morgan fingerprint density at radius 1 is 1.15 bits per heavy atom. The van der Waals surface area contributed by atoms with E-state index in [1.54, 1.807) is 0 Å². The third kappa shape index (κ3) is 6.60. The van der Waals surface area contributed by atoms with Crippen LogP contribution in [0, 0.1) is 11.8 Å². The molecule has 3 aliphatic rings. The van der Waals surface area contributed by atoms with Crippen molar-refractivity contribution in [2.45, 2.75) is 58.2 Å². The molecule has 3 heterocycles. The van der Waals surface area contributed by atoms with Gasteiger partial charge < -0.3 is 19.7 Å². The van der Waals surface area contributed by atoms with Crippen molar-refractivity contribution in [1.82, 2.24) is 15.1 Å². The SMILES string of the molecule is CC(C)NC(=O)C[C@@H]1CCN2C[C@@H]1/C=C/COc1ccccc1CN(C1CCOCC1)CC2=O. The average Bonchev–Trinajstić information content (AvgIpc) is 2.83. The lowest BCUT2D eigenvalue weighted by atomic mass is 9.82. The lowest BCUT2D eigenvalue weighted by molar-refractivity contribution is -0.136. The van der Waals surface area contributed by atoms with E-state index in [2.05, 4.69) is 28.4 Å². The van der Waals surface area contributed by atoms with E-state index in [0.717, 1.165) is 43.8 Å². The molecule has 0 aromatic heterocycles. The molecule has 1 aromatic carbocycles. The predicted octanol–water partition coefficient (Wildman–Crippen LogP) is 3.00. The molecular weight excluding hydrogens is 430 g/mol. The quantitative estimate of drug-likeness (QED) is 0.687. The van der Waals surface area contributed by atoms with Gasteiger partial charge in [0.25, 0.3) is 0 Å². The average molecular weight is 470 g/mol. The molecule has 0 radical (unpaired) electrons. The lowest BCUT2D eigenvalue weighted by Gasteiger charge is -2.39. The van der Waals surface area contributed by atoms with E-state index in [-0.39, 0.29) is 29.7 Å². The second-order valence-corrected chi connectivity index (χ2v) is 10.1. The van der Waals surface area contributed by atoms with Gasteiger partial charge in [-0.1, -0.05) is 30.4 Å². The van der Waals surface area contributed by atoms with E-state index < -0.39 is 0 Å². The van der Waals surface area contributed by atoms with E-state index in [9.17, 15) is 9.59 Å². The normalized spacial score (nSPS) is 26.0. The Labute approximate surface area is 203 Å². The van der Waals surface area contributed by atoms with Crippen molar-refractivity contribution in [3.63, 3.8) is 0 Å². The molecule has 2 saturated heterocycles. The topological polar surface area (TPSA) is 71.1 Å². The van der Waals surface area contributed by atoms with E-state index in [1.165, 1.54) is 0 Å². The van der Waals surface area contributed by atoms with Crippen LogP contribution in [0.4, 0.5) is 0 Å². The summed E-state index contributed by atoms with van der Waals surface area (Å²) in [5.74, 6) is 1.50. The number of hydrogen-bond acceptors (Lipinski definition) is 5. The fourth-order valence-corrected chi connectivity index (χ4v) is 5.35. The van der Waals surface area contributed by atoms with Gasteiger partial charge in [0, 0.05) is 56.9 Å². The van der Waals surface area contributed by atoms with Gasteiger partial charge in [0.05, 0.1) is 6.54 Å². The Kier molecular flexibility index (Phi) is 8.62. The van der Waals surface area contributed by atoms with Crippen LogP contribution < -0.4 is 10.1 Å². The number of para-hydroxylation sites is 1. The molecule has 186 valence electrons. The highest BCUT2D eigenvalue weighted by atomic mass is 16.5. The second kappa shape index (κ2) is 11.8. The number of carbonyl (C=O) groups is 2. The maximum absolute atomic E-state index is 13.5. The first kappa shape index (κ1) is 24.7. The molecule has 7 nitrogen and oxygen atoms in total. The summed E-state index contributed by atoms with van der Waals surface area (Å²) >= 11 is 0.